The Morgan fingerprint density at radius 1 is 1.19 bits per heavy atom. The number of carbonyl (C=O) groups excluding carboxylic acids is 2. The molecule has 2 N–H and O–H groups in total. The summed E-state index contributed by atoms with van der Waals surface area (Å²) in [7, 11) is 0. The first-order chi connectivity index (χ1) is 15.2. The minimum Gasteiger partial charge on any atom is -0.381 e. The zero-order valence-corrected chi connectivity index (χ0v) is 17.6. The van der Waals surface area contributed by atoms with E-state index in [9.17, 15) is 18.4 Å². The minimum absolute atomic E-state index is 0.181. The molecule has 2 aliphatic heterocycles. The van der Waals surface area contributed by atoms with E-state index in [1.54, 1.807) is 19.9 Å². The molecule has 2 aromatic carbocycles. The molecule has 1 amide bonds. The number of aliphatic imine (C=N–C) groups is 1. The Bertz CT molecular complexity index is 1230. The SMILES string of the molecule is Cc1ccc(C2=NOC(C)(C)C2=O)cc1C1=CN=C(NC(=O)c2ccc(F)cc2F)CN1. The van der Waals surface area contributed by atoms with Gasteiger partial charge < -0.3 is 15.5 Å². The van der Waals surface area contributed by atoms with Crippen LogP contribution in [-0.4, -0.2) is 35.4 Å². The summed E-state index contributed by atoms with van der Waals surface area (Å²) in [5, 5.41) is 9.61. The molecular formula is C23H20F2N4O3. The molecule has 0 radical (unpaired) electrons. The van der Waals surface area contributed by atoms with E-state index in [0.29, 0.717) is 17.3 Å². The smallest absolute Gasteiger partial charge is 0.259 e. The maximum absolute atomic E-state index is 13.8. The quantitative estimate of drug-likeness (QED) is 0.771. The van der Waals surface area contributed by atoms with E-state index in [4.69, 9.17) is 4.84 Å². The summed E-state index contributed by atoms with van der Waals surface area (Å²) in [5.41, 5.74) is 2.03. The van der Waals surface area contributed by atoms with Gasteiger partial charge in [-0.15, -0.1) is 0 Å². The fourth-order valence-corrected chi connectivity index (χ4v) is 3.30. The average Bonchev–Trinajstić information content (AvgIpc) is 3.02. The molecule has 0 aromatic heterocycles. The highest BCUT2D eigenvalue weighted by atomic mass is 19.1. The number of halogens is 2. The summed E-state index contributed by atoms with van der Waals surface area (Å²) >= 11 is 0. The molecule has 0 saturated heterocycles. The van der Waals surface area contributed by atoms with E-state index in [-0.39, 0.29) is 29.4 Å². The van der Waals surface area contributed by atoms with Gasteiger partial charge in [0.2, 0.25) is 5.78 Å². The first kappa shape index (κ1) is 21.4. The lowest BCUT2D eigenvalue weighted by Gasteiger charge is -2.19. The van der Waals surface area contributed by atoms with E-state index >= 15 is 0 Å². The molecule has 2 aromatic rings. The van der Waals surface area contributed by atoms with Crippen molar-refractivity contribution in [3.05, 3.63) is 76.5 Å². The van der Waals surface area contributed by atoms with Crippen LogP contribution in [-0.2, 0) is 9.63 Å². The number of amides is 1. The number of nitrogens with zero attached hydrogens (tertiary/aromatic N) is 2. The zero-order valence-electron chi connectivity index (χ0n) is 17.6. The molecule has 7 nitrogen and oxygen atoms in total. The Hall–Kier alpha value is -3.88. The number of benzene rings is 2. The van der Waals surface area contributed by atoms with E-state index in [2.05, 4.69) is 20.8 Å². The number of hydrogen-bond donors (Lipinski definition) is 2. The molecule has 0 spiro atoms. The van der Waals surface area contributed by atoms with Gasteiger partial charge in [0, 0.05) is 17.2 Å². The van der Waals surface area contributed by atoms with Gasteiger partial charge in [-0.05, 0) is 44.5 Å². The number of nitrogens with one attached hydrogen (secondary N) is 2. The van der Waals surface area contributed by atoms with Gasteiger partial charge in [0.1, 0.15) is 17.5 Å². The molecule has 0 saturated carbocycles. The van der Waals surface area contributed by atoms with Crippen LogP contribution < -0.4 is 10.6 Å². The molecule has 0 atom stereocenters. The van der Waals surface area contributed by atoms with E-state index in [1.807, 2.05) is 19.1 Å². The van der Waals surface area contributed by atoms with Gasteiger partial charge in [-0.3, -0.25) is 9.59 Å². The average molecular weight is 438 g/mol. The molecule has 2 heterocycles. The molecular weight excluding hydrogens is 418 g/mol. The monoisotopic (exact) mass is 438 g/mol. The first-order valence-electron chi connectivity index (χ1n) is 9.85. The molecule has 32 heavy (non-hydrogen) atoms. The first-order valence-corrected chi connectivity index (χ1v) is 9.85. The van der Waals surface area contributed by atoms with Crippen molar-refractivity contribution in [3.63, 3.8) is 0 Å². The molecule has 164 valence electrons. The van der Waals surface area contributed by atoms with Crippen molar-refractivity contribution in [3.8, 4) is 0 Å². The van der Waals surface area contributed by atoms with Crippen molar-refractivity contribution >= 4 is 28.9 Å². The second kappa shape index (κ2) is 7.99. The van der Waals surface area contributed by atoms with Crippen LogP contribution in [0.5, 0.6) is 0 Å². The third-order valence-electron chi connectivity index (χ3n) is 5.16. The summed E-state index contributed by atoms with van der Waals surface area (Å²) in [6.07, 6.45) is 1.53. The van der Waals surface area contributed by atoms with Crippen molar-refractivity contribution in [2.24, 2.45) is 10.1 Å². The predicted molar refractivity (Wildman–Crippen MR) is 115 cm³/mol. The lowest BCUT2D eigenvalue weighted by atomic mass is 9.93. The lowest BCUT2D eigenvalue weighted by molar-refractivity contribution is -0.128. The maximum atomic E-state index is 13.8. The summed E-state index contributed by atoms with van der Waals surface area (Å²) in [4.78, 5) is 34.3. The molecule has 0 fully saturated rings. The highest BCUT2D eigenvalue weighted by Crippen LogP contribution is 2.26. The van der Waals surface area contributed by atoms with Crippen molar-refractivity contribution < 1.29 is 23.2 Å². The number of amidine groups is 1. The van der Waals surface area contributed by atoms with Gasteiger partial charge in [0.05, 0.1) is 24.0 Å². The van der Waals surface area contributed by atoms with Crippen LogP contribution in [0.1, 0.15) is 40.9 Å². The van der Waals surface area contributed by atoms with Gasteiger partial charge in [0.15, 0.2) is 11.3 Å². The highest BCUT2D eigenvalue weighted by molar-refractivity contribution is 6.49. The van der Waals surface area contributed by atoms with Crippen molar-refractivity contribution in [2.45, 2.75) is 26.4 Å². The van der Waals surface area contributed by atoms with Gasteiger partial charge in [-0.25, -0.2) is 13.8 Å². The predicted octanol–water partition coefficient (Wildman–Crippen LogP) is 3.09. The molecule has 0 aliphatic carbocycles. The number of oxime groups is 1. The normalized spacial score (nSPS) is 17.0. The topological polar surface area (TPSA) is 92.2 Å². The Balaban J connectivity index is 1.55. The van der Waals surface area contributed by atoms with Crippen molar-refractivity contribution in [1.29, 1.82) is 0 Å². The number of aryl methyl sites for hydroxylation is 1. The summed E-state index contributed by atoms with van der Waals surface area (Å²) in [6, 6.07) is 8.23. The second-order valence-electron chi connectivity index (χ2n) is 7.95. The van der Waals surface area contributed by atoms with Crippen LogP contribution >= 0.6 is 0 Å². The van der Waals surface area contributed by atoms with E-state index in [0.717, 1.165) is 23.3 Å². The Morgan fingerprint density at radius 3 is 2.59 bits per heavy atom. The van der Waals surface area contributed by atoms with Gasteiger partial charge in [-0.1, -0.05) is 17.3 Å². The fourth-order valence-electron chi connectivity index (χ4n) is 3.30. The van der Waals surface area contributed by atoms with Crippen LogP contribution in [0.15, 0.2) is 52.7 Å². The van der Waals surface area contributed by atoms with Crippen LogP contribution in [0.4, 0.5) is 8.78 Å². The molecule has 0 unspecified atom stereocenters. The van der Waals surface area contributed by atoms with Crippen LogP contribution in [0.2, 0.25) is 0 Å². The van der Waals surface area contributed by atoms with Crippen molar-refractivity contribution in [1.82, 2.24) is 10.6 Å². The fraction of sp³-hybridized carbons (Fsp3) is 0.217. The van der Waals surface area contributed by atoms with E-state index < -0.39 is 23.1 Å². The van der Waals surface area contributed by atoms with Crippen LogP contribution in [0.3, 0.4) is 0 Å². The Labute approximate surface area is 182 Å². The lowest BCUT2D eigenvalue weighted by Crippen LogP contribution is -2.39. The largest absolute Gasteiger partial charge is 0.381 e. The molecule has 4 rings (SSSR count). The summed E-state index contributed by atoms with van der Waals surface area (Å²) < 4.78 is 26.9. The second-order valence-corrected chi connectivity index (χ2v) is 7.95. The molecule has 9 heteroatoms. The van der Waals surface area contributed by atoms with Crippen molar-refractivity contribution in [2.75, 3.05) is 6.54 Å². The summed E-state index contributed by atoms with van der Waals surface area (Å²) in [5.74, 6) is -2.36. The number of rotatable bonds is 3. The number of carbonyl (C=O) groups is 2. The number of hydrogen-bond acceptors (Lipinski definition) is 6. The zero-order chi connectivity index (χ0) is 23.0. The minimum atomic E-state index is -0.996. The molecule has 0 bridgehead atoms. The van der Waals surface area contributed by atoms with Gasteiger partial charge >= 0.3 is 0 Å². The third-order valence-corrected chi connectivity index (χ3v) is 5.16. The Morgan fingerprint density at radius 2 is 1.97 bits per heavy atom. The van der Waals surface area contributed by atoms with Crippen LogP contribution in [0.25, 0.3) is 5.70 Å². The number of ketones is 1. The maximum Gasteiger partial charge on any atom is 0.259 e. The molecule has 2 aliphatic rings. The van der Waals surface area contributed by atoms with Gasteiger partial charge in [-0.2, -0.15) is 0 Å². The van der Waals surface area contributed by atoms with E-state index in [1.165, 1.54) is 6.20 Å². The third kappa shape index (κ3) is 4.01. The number of Topliss-reactive ketones (excluding diaryl/α,β-unsaturated/α-hetero) is 1. The standard InChI is InChI=1S/C23H20F2N4O3/c1-12-4-5-13(20-21(30)23(2,3)32-29-20)8-16(12)18-10-27-19(11-26-18)28-22(31)15-7-6-14(24)9-17(15)25/h4-10,26H,11H2,1-3H3,(H,27,28,31). The van der Waals surface area contributed by atoms with Crippen LogP contribution in [0, 0.1) is 18.6 Å². The Kier molecular flexibility index (Phi) is 5.33. The highest BCUT2D eigenvalue weighted by Gasteiger charge is 2.40. The van der Waals surface area contributed by atoms with Gasteiger partial charge in [0.25, 0.3) is 5.91 Å². The summed E-state index contributed by atoms with van der Waals surface area (Å²) in [6.45, 7) is 5.42.